The Morgan fingerprint density at radius 3 is 2.52 bits per heavy atom. The molecule has 0 heterocycles. The van der Waals surface area contributed by atoms with Crippen LogP contribution in [0.3, 0.4) is 0 Å². The summed E-state index contributed by atoms with van der Waals surface area (Å²) in [4.78, 5) is 13.0. The van der Waals surface area contributed by atoms with Crippen LogP contribution in [0.15, 0.2) is 30.3 Å². The van der Waals surface area contributed by atoms with Gasteiger partial charge in [0.15, 0.2) is 5.78 Å². The summed E-state index contributed by atoms with van der Waals surface area (Å²) < 4.78 is 0. The smallest absolute Gasteiger partial charge is 0.167 e. The van der Waals surface area contributed by atoms with Crippen LogP contribution in [-0.2, 0) is 4.79 Å². The van der Waals surface area contributed by atoms with Gasteiger partial charge in [-0.05, 0) is 42.6 Å². The van der Waals surface area contributed by atoms with Crippen molar-refractivity contribution in [3.63, 3.8) is 0 Å². The Kier molecular flexibility index (Phi) is 3.93. The first-order valence-electron chi connectivity index (χ1n) is 8.77. The van der Waals surface area contributed by atoms with Crippen molar-refractivity contribution in [2.24, 2.45) is 16.7 Å². The van der Waals surface area contributed by atoms with Crippen molar-refractivity contribution in [3.05, 3.63) is 35.9 Å². The Labute approximate surface area is 138 Å². The molecule has 2 saturated carbocycles. The Morgan fingerprint density at radius 1 is 1.30 bits per heavy atom. The van der Waals surface area contributed by atoms with Crippen molar-refractivity contribution in [3.8, 4) is 0 Å². The van der Waals surface area contributed by atoms with E-state index in [-0.39, 0.29) is 23.0 Å². The van der Waals surface area contributed by atoms with E-state index in [9.17, 15) is 15.0 Å². The fraction of sp³-hybridized carbons (Fsp3) is 0.650. The molecule has 2 fully saturated rings. The second-order valence-electron chi connectivity index (χ2n) is 8.01. The highest BCUT2D eigenvalue weighted by molar-refractivity contribution is 5.89. The number of benzene rings is 1. The van der Waals surface area contributed by atoms with E-state index in [1.807, 2.05) is 30.3 Å². The van der Waals surface area contributed by atoms with Gasteiger partial charge in [0.25, 0.3) is 0 Å². The topological polar surface area (TPSA) is 57.5 Å². The van der Waals surface area contributed by atoms with E-state index in [0.29, 0.717) is 12.3 Å². The van der Waals surface area contributed by atoms with E-state index in [0.717, 1.165) is 24.8 Å². The van der Waals surface area contributed by atoms with Gasteiger partial charge in [-0.2, -0.15) is 0 Å². The molecule has 2 aliphatic rings. The SMILES string of the molecule is CC[C@]12CC[C@H](C[C@]1(O)C(=O)C[C@@H](O)c1ccccc1)C2(C)C. The maximum atomic E-state index is 13.0. The molecule has 2 N–H and O–H groups in total. The molecule has 0 amide bonds. The standard InChI is InChI=1S/C20H28O3/c1-4-19-11-10-15(18(19,2)3)13-20(19,23)17(22)12-16(21)14-8-6-5-7-9-14/h5-9,15-16,21,23H,4,10-13H2,1-3H3/t15-,16-,19-,20+/m1/s1. The number of ketones is 1. The lowest BCUT2D eigenvalue weighted by molar-refractivity contribution is -0.160. The third-order valence-corrected chi connectivity index (χ3v) is 7.14. The van der Waals surface area contributed by atoms with Gasteiger partial charge in [0.1, 0.15) is 5.60 Å². The Morgan fingerprint density at radius 2 is 1.96 bits per heavy atom. The van der Waals surface area contributed by atoms with E-state index in [4.69, 9.17) is 0 Å². The molecular formula is C20H28O3. The largest absolute Gasteiger partial charge is 0.388 e. The van der Waals surface area contributed by atoms with Gasteiger partial charge in [-0.15, -0.1) is 0 Å². The molecule has 0 saturated heterocycles. The van der Waals surface area contributed by atoms with E-state index < -0.39 is 11.7 Å². The van der Waals surface area contributed by atoms with Gasteiger partial charge in [-0.25, -0.2) is 0 Å². The molecule has 126 valence electrons. The number of fused-ring (bicyclic) bond motifs is 2. The molecule has 0 unspecified atom stereocenters. The normalized spacial score (nSPS) is 36.1. The van der Waals surface area contributed by atoms with Crippen LogP contribution in [-0.4, -0.2) is 21.6 Å². The van der Waals surface area contributed by atoms with Gasteiger partial charge in [0.05, 0.1) is 6.10 Å². The summed E-state index contributed by atoms with van der Waals surface area (Å²) in [5, 5.41) is 21.8. The third-order valence-electron chi connectivity index (χ3n) is 7.14. The number of aliphatic hydroxyl groups is 2. The van der Waals surface area contributed by atoms with Crippen LogP contribution in [0, 0.1) is 16.7 Å². The maximum absolute atomic E-state index is 13.0. The molecular weight excluding hydrogens is 288 g/mol. The van der Waals surface area contributed by atoms with Crippen molar-refractivity contribution < 1.29 is 15.0 Å². The van der Waals surface area contributed by atoms with Crippen molar-refractivity contribution in [2.75, 3.05) is 0 Å². The van der Waals surface area contributed by atoms with Crippen LogP contribution in [0.2, 0.25) is 0 Å². The van der Waals surface area contributed by atoms with Gasteiger partial charge in [0, 0.05) is 11.8 Å². The highest BCUT2D eigenvalue weighted by atomic mass is 16.3. The molecule has 4 atom stereocenters. The molecule has 0 aromatic heterocycles. The zero-order chi connectivity index (χ0) is 16.9. The average molecular weight is 316 g/mol. The predicted molar refractivity (Wildman–Crippen MR) is 89.8 cm³/mol. The van der Waals surface area contributed by atoms with E-state index in [1.54, 1.807) is 0 Å². The second kappa shape index (κ2) is 5.42. The molecule has 2 bridgehead atoms. The zero-order valence-corrected chi connectivity index (χ0v) is 14.4. The molecule has 3 heteroatoms. The number of hydrogen-bond acceptors (Lipinski definition) is 3. The van der Waals surface area contributed by atoms with Crippen LogP contribution < -0.4 is 0 Å². The number of rotatable bonds is 5. The monoisotopic (exact) mass is 316 g/mol. The first-order chi connectivity index (χ1) is 10.8. The summed E-state index contributed by atoms with van der Waals surface area (Å²) >= 11 is 0. The van der Waals surface area contributed by atoms with Crippen LogP contribution >= 0.6 is 0 Å². The summed E-state index contributed by atoms with van der Waals surface area (Å²) in [6.45, 7) is 6.49. The Balaban J connectivity index is 1.85. The molecule has 1 aromatic carbocycles. The maximum Gasteiger partial charge on any atom is 0.167 e. The molecule has 0 radical (unpaired) electrons. The molecule has 23 heavy (non-hydrogen) atoms. The van der Waals surface area contributed by atoms with Crippen LogP contribution in [0.4, 0.5) is 0 Å². The highest BCUT2D eigenvalue weighted by Crippen LogP contribution is 2.71. The lowest BCUT2D eigenvalue weighted by atomic mass is 9.60. The van der Waals surface area contributed by atoms with Crippen molar-refractivity contribution in [1.82, 2.24) is 0 Å². The summed E-state index contributed by atoms with van der Waals surface area (Å²) in [7, 11) is 0. The first-order valence-corrected chi connectivity index (χ1v) is 8.77. The zero-order valence-electron chi connectivity index (χ0n) is 14.4. The van der Waals surface area contributed by atoms with Gasteiger partial charge < -0.3 is 10.2 Å². The van der Waals surface area contributed by atoms with Gasteiger partial charge in [0.2, 0.25) is 0 Å². The van der Waals surface area contributed by atoms with E-state index in [1.165, 1.54) is 0 Å². The van der Waals surface area contributed by atoms with Gasteiger partial charge >= 0.3 is 0 Å². The number of hydrogen-bond donors (Lipinski definition) is 2. The molecule has 2 aliphatic carbocycles. The van der Waals surface area contributed by atoms with Crippen LogP contribution in [0.1, 0.15) is 64.5 Å². The fourth-order valence-electron chi connectivity index (χ4n) is 5.59. The quantitative estimate of drug-likeness (QED) is 0.872. The third kappa shape index (κ3) is 2.13. The molecule has 0 spiro atoms. The van der Waals surface area contributed by atoms with Crippen molar-refractivity contribution in [1.29, 1.82) is 0 Å². The number of carbonyl (C=O) groups excluding carboxylic acids is 1. The van der Waals surface area contributed by atoms with E-state index >= 15 is 0 Å². The Bertz CT molecular complexity index is 594. The Hall–Kier alpha value is -1.19. The summed E-state index contributed by atoms with van der Waals surface area (Å²) in [6.07, 6.45) is 2.51. The summed E-state index contributed by atoms with van der Waals surface area (Å²) in [5.74, 6) is 0.205. The first kappa shape index (κ1) is 16.7. The van der Waals surface area contributed by atoms with Gasteiger partial charge in [-0.3, -0.25) is 4.79 Å². The molecule has 3 rings (SSSR count). The predicted octanol–water partition coefficient (Wildman–Crippen LogP) is 3.65. The number of carbonyl (C=O) groups is 1. The van der Waals surface area contributed by atoms with Gasteiger partial charge in [-0.1, -0.05) is 51.1 Å². The van der Waals surface area contributed by atoms with Crippen LogP contribution in [0.25, 0.3) is 0 Å². The van der Waals surface area contributed by atoms with E-state index in [2.05, 4.69) is 20.8 Å². The minimum absolute atomic E-state index is 0.00887. The van der Waals surface area contributed by atoms with Crippen molar-refractivity contribution in [2.45, 2.75) is 64.6 Å². The number of aliphatic hydroxyl groups excluding tert-OH is 1. The summed E-state index contributed by atoms with van der Waals surface area (Å²) in [5.41, 5.74) is -0.927. The highest BCUT2D eigenvalue weighted by Gasteiger charge is 2.72. The minimum Gasteiger partial charge on any atom is -0.388 e. The second-order valence-corrected chi connectivity index (χ2v) is 8.01. The molecule has 3 nitrogen and oxygen atoms in total. The molecule has 1 aromatic rings. The molecule has 0 aliphatic heterocycles. The van der Waals surface area contributed by atoms with Crippen LogP contribution in [0.5, 0.6) is 0 Å². The van der Waals surface area contributed by atoms with Crippen molar-refractivity contribution >= 4 is 5.78 Å². The summed E-state index contributed by atoms with van der Waals surface area (Å²) in [6, 6.07) is 9.23. The lowest BCUT2D eigenvalue weighted by Gasteiger charge is -2.46. The number of Topliss-reactive ketones (excluding diaryl/α,β-unsaturated/α-hetero) is 1. The average Bonchev–Trinajstić information content (AvgIpc) is 2.89. The fourth-order valence-corrected chi connectivity index (χ4v) is 5.59. The lowest BCUT2D eigenvalue weighted by Crippen LogP contribution is -2.54. The minimum atomic E-state index is -1.29.